The van der Waals surface area contributed by atoms with E-state index in [0.717, 1.165) is 39.9 Å². The van der Waals surface area contributed by atoms with E-state index in [1.165, 1.54) is 12.1 Å². The van der Waals surface area contributed by atoms with Crippen LogP contribution in [0.2, 0.25) is 0 Å². The van der Waals surface area contributed by atoms with Gasteiger partial charge in [0.1, 0.15) is 18.2 Å². The third-order valence-electron chi connectivity index (χ3n) is 4.80. The number of H-pyrrole nitrogens is 1. The summed E-state index contributed by atoms with van der Waals surface area (Å²) in [6, 6.07) is 20.5. The number of fused-ring (bicyclic) bond motifs is 1. The van der Waals surface area contributed by atoms with Crippen molar-refractivity contribution in [2.24, 2.45) is 0 Å². The van der Waals surface area contributed by atoms with E-state index in [1.807, 2.05) is 54.7 Å². The summed E-state index contributed by atoms with van der Waals surface area (Å²) in [5.74, 6) is 0.289. The van der Waals surface area contributed by atoms with Crippen LogP contribution in [-0.2, 0) is 23.1 Å². The Kier molecular flexibility index (Phi) is 5.83. The maximum atomic E-state index is 13.0. The zero-order valence-corrected chi connectivity index (χ0v) is 17.0. The summed E-state index contributed by atoms with van der Waals surface area (Å²) < 4.78 is 46.0. The van der Waals surface area contributed by atoms with Gasteiger partial charge in [-0.3, -0.25) is 0 Å². The Balaban J connectivity index is 1.38. The molecule has 0 atom stereocenters. The normalized spacial score (nSPS) is 11.6. The fourth-order valence-electron chi connectivity index (χ4n) is 3.22. The highest BCUT2D eigenvalue weighted by Crippen LogP contribution is 2.24. The smallest absolute Gasteiger partial charge is 0.240 e. The van der Waals surface area contributed by atoms with E-state index in [4.69, 9.17) is 4.74 Å². The Morgan fingerprint density at radius 1 is 0.967 bits per heavy atom. The third-order valence-corrected chi connectivity index (χ3v) is 6.27. The molecular formula is C23H21FN2O3S. The van der Waals surface area contributed by atoms with Gasteiger partial charge in [-0.1, -0.05) is 30.3 Å². The molecule has 0 bridgehead atoms. The number of benzene rings is 3. The van der Waals surface area contributed by atoms with Gasteiger partial charge in [0, 0.05) is 29.7 Å². The van der Waals surface area contributed by atoms with Gasteiger partial charge in [-0.15, -0.1) is 0 Å². The van der Waals surface area contributed by atoms with Gasteiger partial charge in [0.15, 0.2) is 0 Å². The number of hydrogen-bond acceptors (Lipinski definition) is 3. The highest BCUT2D eigenvalue weighted by atomic mass is 32.2. The highest BCUT2D eigenvalue weighted by Gasteiger charge is 2.14. The van der Waals surface area contributed by atoms with E-state index >= 15 is 0 Å². The van der Waals surface area contributed by atoms with Gasteiger partial charge in [-0.2, -0.15) is 0 Å². The SMILES string of the molecule is O=S(=O)(NCCc1c[nH]c2cc(OCc3ccccc3)ccc12)c1ccc(F)cc1. The van der Waals surface area contributed by atoms with Crippen molar-refractivity contribution in [1.29, 1.82) is 0 Å². The number of sulfonamides is 1. The lowest BCUT2D eigenvalue weighted by Crippen LogP contribution is -2.25. The molecule has 0 fully saturated rings. The van der Waals surface area contributed by atoms with Crippen LogP contribution in [0.3, 0.4) is 0 Å². The van der Waals surface area contributed by atoms with E-state index in [-0.39, 0.29) is 11.4 Å². The van der Waals surface area contributed by atoms with Gasteiger partial charge >= 0.3 is 0 Å². The molecular weight excluding hydrogens is 403 g/mol. The molecule has 4 rings (SSSR count). The zero-order valence-electron chi connectivity index (χ0n) is 16.1. The second kappa shape index (κ2) is 8.69. The minimum absolute atomic E-state index is 0.0445. The van der Waals surface area contributed by atoms with Crippen molar-refractivity contribution in [3.63, 3.8) is 0 Å². The molecule has 3 aromatic carbocycles. The summed E-state index contributed by atoms with van der Waals surface area (Å²) in [4.78, 5) is 3.26. The van der Waals surface area contributed by atoms with Crippen molar-refractivity contribution < 1.29 is 17.5 Å². The predicted octanol–water partition coefficient (Wildman–Crippen LogP) is 4.41. The van der Waals surface area contributed by atoms with Crippen molar-refractivity contribution in [2.45, 2.75) is 17.9 Å². The largest absolute Gasteiger partial charge is 0.489 e. The number of ether oxygens (including phenoxy) is 1. The Morgan fingerprint density at radius 2 is 1.73 bits per heavy atom. The van der Waals surface area contributed by atoms with Crippen LogP contribution in [0.1, 0.15) is 11.1 Å². The van der Waals surface area contributed by atoms with Crippen molar-refractivity contribution in [3.8, 4) is 5.75 Å². The Morgan fingerprint density at radius 3 is 2.50 bits per heavy atom. The van der Waals surface area contributed by atoms with Gasteiger partial charge in [-0.05, 0) is 53.9 Å². The van der Waals surface area contributed by atoms with Gasteiger partial charge in [0.25, 0.3) is 0 Å². The van der Waals surface area contributed by atoms with Crippen molar-refractivity contribution in [2.75, 3.05) is 6.54 Å². The molecule has 0 radical (unpaired) electrons. The van der Waals surface area contributed by atoms with Gasteiger partial charge in [0.05, 0.1) is 4.90 Å². The molecule has 1 heterocycles. The van der Waals surface area contributed by atoms with Gasteiger partial charge in [-0.25, -0.2) is 17.5 Å². The number of aromatic nitrogens is 1. The number of hydrogen-bond donors (Lipinski definition) is 2. The van der Waals surface area contributed by atoms with Gasteiger partial charge < -0.3 is 9.72 Å². The zero-order chi connectivity index (χ0) is 21.0. The molecule has 0 spiro atoms. The van der Waals surface area contributed by atoms with Crippen LogP contribution in [-0.4, -0.2) is 19.9 Å². The Hall–Kier alpha value is -3.16. The molecule has 154 valence electrons. The minimum atomic E-state index is -3.67. The lowest BCUT2D eigenvalue weighted by molar-refractivity contribution is 0.306. The summed E-state index contributed by atoms with van der Waals surface area (Å²) in [5.41, 5.74) is 3.02. The molecule has 0 aliphatic carbocycles. The molecule has 0 saturated heterocycles. The first kappa shape index (κ1) is 20.1. The molecule has 5 nitrogen and oxygen atoms in total. The van der Waals surface area contributed by atoms with E-state index < -0.39 is 15.8 Å². The fraction of sp³-hybridized carbons (Fsp3) is 0.130. The maximum Gasteiger partial charge on any atom is 0.240 e. The van der Waals surface area contributed by atoms with Crippen molar-refractivity contribution in [3.05, 3.63) is 95.9 Å². The molecule has 7 heteroatoms. The van der Waals surface area contributed by atoms with E-state index in [0.29, 0.717) is 13.0 Å². The average molecular weight is 424 g/mol. The summed E-state index contributed by atoms with van der Waals surface area (Å²) >= 11 is 0. The molecule has 0 amide bonds. The van der Waals surface area contributed by atoms with E-state index in [9.17, 15) is 12.8 Å². The number of halogens is 1. The molecule has 2 N–H and O–H groups in total. The topological polar surface area (TPSA) is 71.2 Å². The van der Waals surface area contributed by atoms with Crippen molar-refractivity contribution in [1.82, 2.24) is 9.71 Å². The molecule has 0 aliphatic rings. The van der Waals surface area contributed by atoms with Crippen LogP contribution in [0, 0.1) is 5.82 Å². The lowest BCUT2D eigenvalue weighted by atomic mass is 10.1. The predicted molar refractivity (Wildman–Crippen MR) is 114 cm³/mol. The Bertz CT molecular complexity index is 1240. The summed E-state index contributed by atoms with van der Waals surface area (Å²) in [6.07, 6.45) is 2.39. The minimum Gasteiger partial charge on any atom is -0.489 e. The van der Waals surface area contributed by atoms with Crippen LogP contribution < -0.4 is 9.46 Å². The first-order valence-electron chi connectivity index (χ1n) is 9.53. The average Bonchev–Trinajstić information content (AvgIpc) is 3.15. The first-order valence-corrected chi connectivity index (χ1v) is 11.0. The quantitative estimate of drug-likeness (QED) is 0.440. The highest BCUT2D eigenvalue weighted by molar-refractivity contribution is 7.89. The maximum absolute atomic E-state index is 13.0. The molecule has 1 aromatic heterocycles. The second-order valence-corrected chi connectivity index (χ2v) is 8.66. The molecule has 0 unspecified atom stereocenters. The molecule has 0 aliphatic heterocycles. The third kappa shape index (κ3) is 4.69. The van der Waals surface area contributed by atoms with E-state index in [2.05, 4.69) is 9.71 Å². The second-order valence-electron chi connectivity index (χ2n) is 6.90. The standard InChI is InChI=1S/C23H21FN2O3S/c24-19-6-9-21(10-7-19)30(27,28)26-13-12-18-15-25-23-14-20(8-11-22(18)23)29-16-17-4-2-1-3-5-17/h1-11,14-15,25-26H,12-13,16H2. The van der Waals surface area contributed by atoms with Crippen LogP contribution in [0.25, 0.3) is 10.9 Å². The fourth-order valence-corrected chi connectivity index (χ4v) is 4.25. The van der Waals surface area contributed by atoms with Crippen LogP contribution in [0.4, 0.5) is 4.39 Å². The molecule has 30 heavy (non-hydrogen) atoms. The van der Waals surface area contributed by atoms with E-state index in [1.54, 1.807) is 0 Å². The number of aromatic amines is 1. The number of nitrogens with one attached hydrogen (secondary N) is 2. The summed E-state index contributed by atoms with van der Waals surface area (Å²) in [6.45, 7) is 0.726. The van der Waals surface area contributed by atoms with Crippen LogP contribution in [0.5, 0.6) is 5.75 Å². The van der Waals surface area contributed by atoms with Crippen LogP contribution >= 0.6 is 0 Å². The lowest BCUT2D eigenvalue weighted by Gasteiger charge is -2.07. The monoisotopic (exact) mass is 424 g/mol. The van der Waals surface area contributed by atoms with Gasteiger partial charge in [0.2, 0.25) is 10.0 Å². The Labute approximate surface area is 174 Å². The van der Waals surface area contributed by atoms with Crippen LogP contribution in [0.15, 0.2) is 83.9 Å². The van der Waals surface area contributed by atoms with Crippen molar-refractivity contribution >= 4 is 20.9 Å². The number of rotatable bonds is 8. The molecule has 4 aromatic rings. The summed E-state index contributed by atoms with van der Waals surface area (Å²) in [5, 5.41) is 1.02. The summed E-state index contributed by atoms with van der Waals surface area (Å²) in [7, 11) is -3.67. The first-order chi connectivity index (χ1) is 14.5. The molecule has 0 saturated carbocycles.